The number of Topliss-reactive ketones (excluding diaryl/α,β-unsaturated/α-hetero) is 1. The molecule has 1 aliphatic carbocycles. The number of hydrogen-bond acceptors (Lipinski definition) is 6. The highest BCUT2D eigenvalue weighted by atomic mass is 35.5. The van der Waals surface area contributed by atoms with Gasteiger partial charge in [-0.25, -0.2) is 4.68 Å². The highest BCUT2D eigenvalue weighted by molar-refractivity contribution is 7.98. The summed E-state index contributed by atoms with van der Waals surface area (Å²) in [6, 6.07) is 25.4. The smallest absolute Gasteiger partial charge is 0.227 e. The van der Waals surface area contributed by atoms with Gasteiger partial charge in [-0.15, -0.1) is 5.10 Å². The molecule has 6 nitrogen and oxygen atoms in total. The Labute approximate surface area is 224 Å². The van der Waals surface area contributed by atoms with Crippen molar-refractivity contribution in [2.24, 2.45) is 0 Å². The molecule has 2 aliphatic rings. The van der Waals surface area contributed by atoms with Gasteiger partial charge in [-0.2, -0.15) is 4.98 Å². The zero-order valence-corrected chi connectivity index (χ0v) is 21.6. The van der Waals surface area contributed by atoms with Gasteiger partial charge in [0.05, 0.1) is 0 Å². The van der Waals surface area contributed by atoms with Gasteiger partial charge in [-0.3, -0.25) is 4.79 Å². The molecule has 0 radical (unpaired) electrons. The van der Waals surface area contributed by atoms with E-state index >= 15 is 0 Å². The standard InChI is InChI=1S/C29H25ClN4O2S/c30-23-13-5-4-10-21(23)18-37-29-32-28-31-24-14-7-15-25(35)26(24)27(34(28)33-29)20-11-6-12-22(16-20)36-17-19-8-2-1-3-9-19/h1-6,8-13,16,27H,7,14-15,17-18H2,(H,31,32,33). The van der Waals surface area contributed by atoms with Crippen molar-refractivity contribution in [1.82, 2.24) is 14.8 Å². The van der Waals surface area contributed by atoms with Crippen LogP contribution in [0.5, 0.6) is 5.75 Å². The number of nitrogens with one attached hydrogen (secondary N) is 1. The number of hydrogen-bond donors (Lipinski definition) is 1. The van der Waals surface area contributed by atoms with E-state index in [9.17, 15) is 4.79 Å². The fourth-order valence-corrected chi connectivity index (χ4v) is 5.89. The van der Waals surface area contributed by atoms with Crippen molar-refractivity contribution in [3.05, 3.63) is 112 Å². The summed E-state index contributed by atoms with van der Waals surface area (Å²) >= 11 is 7.87. The van der Waals surface area contributed by atoms with E-state index in [0.29, 0.717) is 29.9 Å². The van der Waals surface area contributed by atoms with Gasteiger partial charge >= 0.3 is 0 Å². The van der Waals surface area contributed by atoms with Crippen molar-refractivity contribution >= 4 is 35.1 Å². The molecule has 1 aliphatic heterocycles. The van der Waals surface area contributed by atoms with Crippen LogP contribution >= 0.6 is 23.4 Å². The van der Waals surface area contributed by atoms with Crippen LogP contribution in [-0.2, 0) is 17.2 Å². The van der Waals surface area contributed by atoms with Gasteiger partial charge in [0.15, 0.2) is 5.78 Å². The number of fused-ring (bicyclic) bond motifs is 1. The third-order valence-corrected chi connectivity index (χ3v) is 7.84. The molecule has 186 valence electrons. The molecule has 0 saturated heterocycles. The predicted molar refractivity (Wildman–Crippen MR) is 146 cm³/mol. The first-order valence-corrected chi connectivity index (χ1v) is 13.6. The summed E-state index contributed by atoms with van der Waals surface area (Å²) in [5.74, 6) is 2.21. The third kappa shape index (κ3) is 5.02. The van der Waals surface area contributed by atoms with Crippen LogP contribution in [-0.4, -0.2) is 20.5 Å². The van der Waals surface area contributed by atoms with Crippen molar-refractivity contribution in [3.63, 3.8) is 0 Å². The second-order valence-electron chi connectivity index (χ2n) is 9.09. The number of anilines is 1. The topological polar surface area (TPSA) is 69.0 Å². The van der Waals surface area contributed by atoms with Crippen molar-refractivity contribution < 1.29 is 9.53 Å². The SMILES string of the molecule is O=C1CCCC2=C1C(c1cccc(OCc3ccccc3)c1)n1nc(SCc3ccccc3Cl)nc1N2. The predicted octanol–water partition coefficient (Wildman–Crippen LogP) is 6.82. The van der Waals surface area contributed by atoms with Crippen LogP contribution in [0, 0.1) is 0 Å². The Kier molecular flexibility index (Phi) is 6.72. The van der Waals surface area contributed by atoms with Gasteiger partial charge in [0.1, 0.15) is 18.4 Å². The number of nitrogens with zero attached hydrogens (tertiary/aromatic N) is 3. The number of benzene rings is 3. The van der Waals surface area contributed by atoms with Crippen molar-refractivity contribution in [1.29, 1.82) is 0 Å². The van der Waals surface area contributed by atoms with Gasteiger partial charge in [-0.1, -0.05) is 84.0 Å². The molecule has 6 rings (SSSR count). The summed E-state index contributed by atoms with van der Waals surface area (Å²) < 4.78 is 7.94. The van der Waals surface area contributed by atoms with Crippen LogP contribution in [0.3, 0.4) is 0 Å². The first-order chi connectivity index (χ1) is 18.2. The van der Waals surface area contributed by atoms with Crippen molar-refractivity contribution in [2.45, 2.75) is 42.8 Å². The lowest BCUT2D eigenvalue weighted by atomic mass is 9.85. The molecule has 3 aromatic carbocycles. The summed E-state index contributed by atoms with van der Waals surface area (Å²) in [6.45, 7) is 0.473. The van der Waals surface area contributed by atoms with Crippen LogP contribution in [0.15, 0.2) is 95.3 Å². The monoisotopic (exact) mass is 528 g/mol. The molecule has 0 fully saturated rings. The Morgan fingerprint density at radius 1 is 1.03 bits per heavy atom. The Morgan fingerprint density at radius 2 is 1.86 bits per heavy atom. The van der Waals surface area contributed by atoms with Crippen molar-refractivity contribution in [3.8, 4) is 5.75 Å². The normalized spacial score (nSPS) is 16.7. The second-order valence-corrected chi connectivity index (χ2v) is 10.4. The fourth-order valence-electron chi connectivity index (χ4n) is 4.78. The van der Waals surface area contributed by atoms with Crippen LogP contribution < -0.4 is 10.1 Å². The van der Waals surface area contributed by atoms with E-state index in [1.54, 1.807) is 0 Å². The van der Waals surface area contributed by atoms with E-state index in [1.807, 2.05) is 83.5 Å². The maximum absolute atomic E-state index is 13.2. The highest BCUT2D eigenvalue weighted by Crippen LogP contribution is 2.41. The molecule has 4 aromatic rings. The van der Waals surface area contributed by atoms with E-state index in [4.69, 9.17) is 26.4 Å². The summed E-state index contributed by atoms with van der Waals surface area (Å²) in [4.78, 5) is 17.9. The average Bonchev–Trinajstić information content (AvgIpc) is 3.34. The van der Waals surface area contributed by atoms with E-state index in [-0.39, 0.29) is 11.8 Å². The first-order valence-electron chi connectivity index (χ1n) is 12.3. The van der Waals surface area contributed by atoms with Gasteiger partial charge in [-0.05, 0) is 47.7 Å². The van der Waals surface area contributed by atoms with Crippen LogP contribution in [0.2, 0.25) is 5.02 Å². The molecule has 0 bridgehead atoms. The summed E-state index contributed by atoms with van der Waals surface area (Å²) in [7, 11) is 0. The Hall–Kier alpha value is -3.55. The lowest BCUT2D eigenvalue weighted by Gasteiger charge is -2.32. The Morgan fingerprint density at radius 3 is 2.73 bits per heavy atom. The number of carbonyl (C=O) groups is 1. The molecule has 0 spiro atoms. The molecular formula is C29H25ClN4O2S. The number of ketones is 1. The minimum atomic E-state index is -0.360. The summed E-state index contributed by atoms with van der Waals surface area (Å²) in [5.41, 5.74) is 4.79. The number of ether oxygens (including phenoxy) is 1. The van der Waals surface area contributed by atoms with Gasteiger partial charge in [0.2, 0.25) is 11.1 Å². The minimum absolute atomic E-state index is 0.153. The second kappa shape index (κ2) is 10.4. The molecule has 2 heterocycles. The molecule has 1 unspecified atom stereocenters. The number of halogens is 1. The van der Waals surface area contributed by atoms with E-state index in [0.717, 1.165) is 51.6 Å². The van der Waals surface area contributed by atoms with Gasteiger partial charge < -0.3 is 10.1 Å². The Balaban J connectivity index is 1.31. The summed E-state index contributed by atoms with van der Waals surface area (Å²) in [5, 5.41) is 9.60. The molecule has 0 saturated carbocycles. The van der Waals surface area contributed by atoms with E-state index in [2.05, 4.69) is 5.32 Å². The summed E-state index contributed by atoms with van der Waals surface area (Å²) in [6.07, 6.45) is 2.19. The lowest BCUT2D eigenvalue weighted by molar-refractivity contribution is -0.116. The van der Waals surface area contributed by atoms with Gasteiger partial charge in [0, 0.05) is 28.5 Å². The molecule has 8 heteroatoms. The zero-order valence-electron chi connectivity index (χ0n) is 20.1. The van der Waals surface area contributed by atoms with Crippen molar-refractivity contribution in [2.75, 3.05) is 5.32 Å². The maximum atomic E-state index is 13.2. The molecule has 1 N–H and O–H groups in total. The first kappa shape index (κ1) is 23.8. The maximum Gasteiger partial charge on any atom is 0.227 e. The zero-order chi connectivity index (χ0) is 25.2. The quantitative estimate of drug-likeness (QED) is 0.265. The van der Waals surface area contributed by atoms with Crippen LogP contribution in [0.25, 0.3) is 0 Å². The highest BCUT2D eigenvalue weighted by Gasteiger charge is 2.37. The van der Waals surface area contributed by atoms with E-state index < -0.39 is 0 Å². The van der Waals surface area contributed by atoms with E-state index in [1.165, 1.54) is 11.8 Å². The number of allylic oxidation sites excluding steroid dienone is 2. The van der Waals surface area contributed by atoms with Crippen LogP contribution in [0.1, 0.15) is 42.0 Å². The van der Waals surface area contributed by atoms with Crippen LogP contribution in [0.4, 0.5) is 5.95 Å². The Bertz CT molecular complexity index is 1480. The number of carbonyl (C=O) groups excluding carboxylic acids is 1. The number of thioether (sulfide) groups is 1. The molecule has 37 heavy (non-hydrogen) atoms. The van der Waals surface area contributed by atoms with Gasteiger partial charge in [0.25, 0.3) is 0 Å². The molecule has 1 aromatic heterocycles. The number of aromatic nitrogens is 3. The fraction of sp³-hybridized carbons (Fsp3) is 0.207. The molecular weight excluding hydrogens is 504 g/mol. The largest absolute Gasteiger partial charge is 0.489 e. The lowest BCUT2D eigenvalue weighted by Crippen LogP contribution is -2.31. The molecule has 0 amide bonds. The minimum Gasteiger partial charge on any atom is -0.489 e. The molecule has 1 atom stereocenters. The number of rotatable bonds is 7. The third-order valence-electron chi connectivity index (χ3n) is 6.59. The average molecular weight is 529 g/mol.